The summed E-state index contributed by atoms with van der Waals surface area (Å²) in [5, 5.41) is 10.8. The maximum absolute atomic E-state index is 11.8. The van der Waals surface area contributed by atoms with Crippen LogP contribution in [0.3, 0.4) is 0 Å². The summed E-state index contributed by atoms with van der Waals surface area (Å²) < 4.78 is 0.992. The molecule has 1 aliphatic rings. The number of nitrogens with zero attached hydrogens (tertiary/aromatic N) is 1. The molecule has 0 aliphatic carbocycles. The molecular formula is C12H13BrClNO3S. The monoisotopic (exact) mass is 365 g/mol. The van der Waals surface area contributed by atoms with Crippen molar-refractivity contribution in [1.82, 2.24) is 4.90 Å². The van der Waals surface area contributed by atoms with Crippen molar-refractivity contribution in [3.8, 4) is 0 Å². The molecule has 2 heterocycles. The van der Waals surface area contributed by atoms with Crippen LogP contribution in [0, 0.1) is 5.92 Å². The number of aliphatic carboxylic acids is 1. The summed E-state index contributed by atoms with van der Waals surface area (Å²) in [5.41, 5.74) is 0. The highest BCUT2D eigenvalue weighted by Crippen LogP contribution is 2.21. The van der Waals surface area contributed by atoms with Crippen molar-refractivity contribution in [2.45, 2.75) is 6.42 Å². The number of carboxylic acids is 1. The fourth-order valence-corrected chi connectivity index (χ4v) is 3.17. The lowest BCUT2D eigenvalue weighted by atomic mass is 10.1. The van der Waals surface area contributed by atoms with Crippen molar-refractivity contribution < 1.29 is 14.7 Å². The molecule has 7 heteroatoms. The molecule has 1 atom stereocenters. The van der Waals surface area contributed by atoms with Gasteiger partial charge in [0.15, 0.2) is 0 Å². The number of hydrogen-bond acceptors (Lipinski definition) is 3. The molecule has 0 radical (unpaired) electrons. The zero-order valence-corrected chi connectivity index (χ0v) is 13.1. The van der Waals surface area contributed by atoms with E-state index >= 15 is 0 Å². The van der Waals surface area contributed by atoms with Crippen LogP contribution in [0.4, 0.5) is 0 Å². The summed E-state index contributed by atoms with van der Waals surface area (Å²) in [5.74, 6) is -1.36. The Hall–Kier alpha value is -0.850. The van der Waals surface area contributed by atoms with Crippen molar-refractivity contribution >= 4 is 57.6 Å². The van der Waals surface area contributed by atoms with E-state index in [1.54, 1.807) is 22.3 Å². The second kappa shape index (κ2) is 7.07. The van der Waals surface area contributed by atoms with Gasteiger partial charge < -0.3 is 10.0 Å². The van der Waals surface area contributed by atoms with E-state index in [-0.39, 0.29) is 18.3 Å². The average Bonchev–Trinajstić information content (AvgIpc) is 2.94. The molecule has 0 saturated carbocycles. The van der Waals surface area contributed by atoms with E-state index in [1.165, 1.54) is 6.08 Å². The zero-order valence-electron chi connectivity index (χ0n) is 9.91. The second-order valence-corrected chi connectivity index (χ2v) is 5.97. The third kappa shape index (κ3) is 4.33. The Morgan fingerprint density at radius 1 is 1.53 bits per heavy atom. The smallest absolute Gasteiger partial charge is 0.308 e. The van der Waals surface area contributed by atoms with Gasteiger partial charge in [0, 0.05) is 33.9 Å². The van der Waals surface area contributed by atoms with Gasteiger partial charge in [-0.3, -0.25) is 9.59 Å². The number of likely N-dealkylation sites (tertiary alicyclic amines) is 1. The first kappa shape index (κ1) is 16.2. The summed E-state index contributed by atoms with van der Waals surface area (Å²) >= 11 is 4.89. The van der Waals surface area contributed by atoms with Crippen LogP contribution >= 0.6 is 39.7 Å². The van der Waals surface area contributed by atoms with Crippen molar-refractivity contribution in [2.75, 3.05) is 13.1 Å². The quantitative estimate of drug-likeness (QED) is 0.837. The van der Waals surface area contributed by atoms with Gasteiger partial charge in [-0.05, 0) is 34.5 Å². The summed E-state index contributed by atoms with van der Waals surface area (Å²) in [7, 11) is 0. The lowest BCUT2D eigenvalue weighted by molar-refractivity contribution is -0.141. The summed E-state index contributed by atoms with van der Waals surface area (Å²) in [4.78, 5) is 25.2. The van der Waals surface area contributed by atoms with Gasteiger partial charge in [0.25, 0.3) is 0 Å². The minimum atomic E-state index is -0.823. The molecule has 1 amide bonds. The predicted octanol–water partition coefficient (Wildman–Crippen LogP) is 2.88. The Kier molecular flexibility index (Phi) is 6.03. The van der Waals surface area contributed by atoms with Crippen LogP contribution in [0.25, 0.3) is 6.08 Å². The van der Waals surface area contributed by atoms with E-state index in [2.05, 4.69) is 15.9 Å². The summed E-state index contributed by atoms with van der Waals surface area (Å²) in [6, 6.07) is 1.93. The van der Waals surface area contributed by atoms with E-state index in [9.17, 15) is 9.59 Å². The summed E-state index contributed by atoms with van der Waals surface area (Å²) in [6.07, 6.45) is 3.80. The molecule has 0 aromatic carbocycles. The first-order chi connectivity index (χ1) is 8.56. The van der Waals surface area contributed by atoms with Crippen molar-refractivity contribution in [3.05, 3.63) is 26.9 Å². The number of carbonyl (C=O) groups excluding carboxylic acids is 1. The molecular weight excluding hydrogens is 354 g/mol. The molecule has 1 saturated heterocycles. The highest BCUT2D eigenvalue weighted by atomic mass is 79.9. The standard InChI is InChI=1S/C12H12BrNO3S.ClH/c13-9-5-10(18-7-9)1-2-11(15)14-4-3-8(6-14)12(16)17;/h1-2,5,7-8H,3-4,6H2,(H,16,17);1H/b2-1+;. The van der Waals surface area contributed by atoms with Gasteiger partial charge in [-0.1, -0.05) is 0 Å². The van der Waals surface area contributed by atoms with E-state index in [0.717, 1.165) is 9.35 Å². The SMILES string of the molecule is Cl.O=C(O)C1CCN(C(=O)/C=C/c2cc(Br)cs2)C1. The molecule has 1 aliphatic heterocycles. The molecule has 1 unspecified atom stereocenters. The lowest BCUT2D eigenvalue weighted by Gasteiger charge is -2.12. The van der Waals surface area contributed by atoms with Crippen molar-refractivity contribution in [2.24, 2.45) is 5.92 Å². The van der Waals surface area contributed by atoms with E-state index in [1.807, 2.05) is 11.4 Å². The number of hydrogen-bond donors (Lipinski definition) is 1. The molecule has 1 aromatic rings. The maximum atomic E-state index is 11.8. The van der Waals surface area contributed by atoms with Crippen molar-refractivity contribution in [3.63, 3.8) is 0 Å². The van der Waals surface area contributed by atoms with Crippen LogP contribution in [-0.4, -0.2) is 35.0 Å². The Balaban J connectivity index is 0.00000180. The molecule has 104 valence electrons. The average molecular weight is 367 g/mol. The minimum Gasteiger partial charge on any atom is -0.481 e. The molecule has 0 bridgehead atoms. The van der Waals surface area contributed by atoms with Gasteiger partial charge in [-0.15, -0.1) is 23.7 Å². The van der Waals surface area contributed by atoms with Gasteiger partial charge in [0.1, 0.15) is 0 Å². The second-order valence-electron chi connectivity index (χ2n) is 4.11. The van der Waals surface area contributed by atoms with Crippen LogP contribution in [0.1, 0.15) is 11.3 Å². The Bertz CT molecular complexity index is 503. The van der Waals surface area contributed by atoms with Crippen LogP contribution < -0.4 is 0 Å². The van der Waals surface area contributed by atoms with Gasteiger partial charge in [-0.25, -0.2) is 0 Å². The predicted molar refractivity (Wildman–Crippen MR) is 80.6 cm³/mol. The highest BCUT2D eigenvalue weighted by molar-refractivity contribution is 9.10. The first-order valence-electron chi connectivity index (χ1n) is 5.50. The number of amides is 1. The number of rotatable bonds is 3. The van der Waals surface area contributed by atoms with E-state index < -0.39 is 11.9 Å². The Labute approximate surface area is 129 Å². The highest BCUT2D eigenvalue weighted by Gasteiger charge is 2.29. The van der Waals surface area contributed by atoms with Gasteiger partial charge in [0.2, 0.25) is 5.91 Å². The Morgan fingerprint density at radius 2 is 2.26 bits per heavy atom. The topological polar surface area (TPSA) is 57.6 Å². The molecule has 2 rings (SSSR count). The maximum Gasteiger partial charge on any atom is 0.308 e. The zero-order chi connectivity index (χ0) is 13.1. The molecule has 4 nitrogen and oxygen atoms in total. The molecule has 1 N–H and O–H groups in total. The number of halogens is 2. The molecule has 19 heavy (non-hydrogen) atoms. The number of carbonyl (C=O) groups is 2. The lowest BCUT2D eigenvalue weighted by Crippen LogP contribution is -2.28. The number of carboxylic acid groups (broad SMARTS) is 1. The van der Waals surface area contributed by atoms with Crippen molar-refractivity contribution in [1.29, 1.82) is 0 Å². The fraction of sp³-hybridized carbons (Fsp3) is 0.333. The fourth-order valence-electron chi connectivity index (χ4n) is 1.84. The van der Waals surface area contributed by atoms with Crippen LogP contribution in [-0.2, 0) is 9.59 Å². The normalized spacial score (nSPS) is 18.6. The van der Waals surface area contributed by atoms with Gasteiger partial charge in [-0.2, -0.15) is 0 Å². The minimum absolute atomic E-state index is 0. The Morgan fingerprint density at radius 3 is 2.79 bits per heavy atom. The van der Waals surface area contributed by atoms with Gasteiger partial charge in [0.05, 0.1) is 5.92 Å². The largest absolute Gasteiger partial charge is 0.481 e. The third-order valence-electron chi connectivity index (χ3n) is 2.83. The molecule has 0 spiro atoms. The van der Waals surface area contributed by atoms with Crippen LogP contribution in [0.2, 0.25) is 0 Å². The van der Waals surface area contributed by atoms with Gasteiger partial charge >= 0.3 is 5.97 Å². The van der Waals surface area contributed by atoms with E-state index in [4.69, 9.17) is 5.11 Å². The third-order valence-corrected chi connectivity index (χ3v) is 4.49. The van der Waals surface area contributed by atoms with Crippen LogP contribution in [0.5, 0.6) is 0 Å². The summed E-state index contributed by atoms with van der Waals surface area (Å²) in [6.45, 7) is 0.834. The first-order valence-corrected chi connectivity index (χ1v) is 7.17. The van der Waals surface area contributed by atoms with Crippen LogP contribution in [0.15, 0.2) is 22.0 Å². The van der Waals surface area contributed by atoms with E-state index in [0.29, 0.717) is 19.5 Å². The number of thiophene rings is 1. The molecule has 1 fully saturated rings. The molecule has 1 aromatic heterocycles.